The number of hydrogen-bond acceptors (Lipinski definition) is 3. The molecule has 5 heteroatoms. The van der Waals surface area contributed by atoms with Crippen molar-refractivity contribution in [1.29, 1.82) is 0 Å². The number of rotatable bonds is 2. The number of hydrogen-bond donors (Lipinski definition) is 0. The third kappa shape index (κ3) is 3.05. The van der Waals surface area contributed by atoms with Gasteiger partial charge < -0.3 is 0 Å². The summed E-state index contributed by atoms with van der Waals surface area (Å²) in [6.07, 6.45) is 16.1. The molecule has 0 saturated carbocycles. The fourth-order valence-electron chi connectivity index (χ4n) is 3.04. The van der Waals surface area contributed by atoms with Crippen LogP contribution >= 0.6 is 0 Å². The van der Waals surface area contributed by atoms with E-state index in [9.17, 15) is 14.4 Å². The predicted octanol–water partition coefficient (Wildman–Crippen LogP) is 3.05. The summed E-state index contributed by atoms with van der Waals surface area (Å²) in [4.78, 5) is 40.0. The highest BCUT2D eigenvalue weighted by Crippen LogP contribution is 2.26. The molecule has 0 unspecified atom stereocenters. The van der Waals surface area contributed by atoms with Crippen molar-refractivity contribution in [1.82, 2.24) is 9.80 Å². The highest BCUT2D eigenvalue weighted by molar-refractivity contribution is 6.29. The third-order valence-electron chi connectivity index (χ3n) is 4.39. The van der Waals surface area contributed by atoms with Crippen LogP contribution in [0.15, 0.2) is 70.9 Å². The maximum absolute atomic E-state index is 12.7. The average molecular weight is 336 g/mol. The van der Waals surface area contributed by atoms with Gasteiger partial charge >= 0.3 is 6.03 Å². The fourth-order valence-corrected chi connectivity index (χ4v) is 3.04. The Morgan fingerprint density at radius 2 is 1.28 bits per heavy atom. The van der Waals surface area contributed by atoms with Gasteiger partial charge in [0.05, 0.1) is 0 Å². The number of fused-ring (bicyclic) bond motifs is 2. The zero-order valence-corrected chi connectivity index (χ0v) is 14.4. The summed E-state index contributed by atoms with van der Waals surface area (Å²) in [5.74, 6) is -1.06. The Balaban J connectivity index is 2.13. The first-order chi connectivity index (χ1) is 12.1. The summed E-state index contributed by atoms with van der Waals surface area (Å²) in [7, 11) is 0. The van der Waals surface area contributed by atoms with Gasteiger partial charge in [-0.3, -0.25) is 19.4 Å². The van der Waals surface area contributed by atoms with Crippen LogP contribution in [0, 0.1) is 0 Å². The van der Waals surface area contributed by atoms with Crippen LogP contribution in [-0.2, 0) is 9.59 Å². The first kappa shape index (κ1) is 16.9. The van der Waals surface area contributed by atoms with Gasteiger partial charge in [0.15, 0.2) is 0 Å². The van der Waals surface area contributed by atoms with Crippen LogP contribution in [0.1, 0.15) is 20.3 Å². The normalized spacial score (nSPS) is 23.0. The lowest BCUT2D eigenvalue weighted by atomic mass is 9.96. The second-order valence-corrected chi connectivity index (χ2v) is 5.92. The number of barbiturate groups is 1. The van der Waals surface area contributed by atoms with Crippen LogP contribution in [0.5, 0.6) is 0 Å². The van der Waals surface area contributed by atoms with E-state index in [1.54, 1.807) is 26.0 Å². The molecule has 2 aliphatic carbocycles. The van der Waals surface area contributed by atoms with Gasteiger partial charge in [-0.25, -0.2) is 4.79 Å². The minimum absolute atomic E-state index is 0.0450. The highest BCUT2D eigenvalue weighted by Gasteiger charge is 2.41. The van der Waals surface area contributed by atoms with Gasteiger partial charge in [0.2, 0.25) is 0 Å². The van der Waals surface area contributed by atoms with Gasteiger partial charge in [-0.05, 0) is 37.0 Å². The molecule has 0 spiro atoms. The van der Waals surface area contributed by atoms with Crippen molar-refractivity contribution in [2.24, 2.45) is 0 Å². The minimum atomic E-state index is -0.550. The number of carbonyl (C=O) groups excluding carboxylic acids is 3. The van der Waals surface area contributed by atoms with Crippen molar-refractivity contribution >= 4 is 17.8 Å². The van der Waals surface area contributed by atoms with Crippen molar-refractivity contribution in [2.45, 2.75) is 20.3 Å². The molecule has 4 amide bonds. The molecule has 0 atom stereocenters. The molecule has 3 aliphatic rings. The topological polar surface area (TPSA) is 57.7 Å². The van der Waals surface area contributed by atoms with Gasteiger partial charge in [0, 0.05) is 13.1 Å². The van der Waals surface area contributed by atoms with E-state index >= 15 is 0 Å². The summed E-state index contributed by atoms with van der Waals surface area (Å²) >= 11 is 0. The predicted molar refractivity (Wildman–Crippen MR) is 95.4 cm³/mol. The monoisotopic (exact) mass is 336 g/mol. The average Bonchev–Trinajstić information content (AvgIpc) is 2.82. The molecule has 0 aromatic rings. The summed E-state index contributed by atoms with van der Waals surface area (Å²) in [5, 5.41) is 0. The van der Waals surface area contributed by atoms with Crippen LogP contribution < -0.4 is 0 Å². The molecule has 0 aromatic heterocycles. The lowest BCUT2D eigenvalue weighted by molar-refractivity contribution is -0.135. The van der Waals surface area contributed by atoms with Crippen LogP contribution in [-0.4, -0.2) is 40.7 Å². The van der Waals surface area contributed by atoms with E-state index in [0.717, 1.165) is 27.4 Å². The van der Waals surface area contributed by atoms with Crippen LogP contribution in [0.2, 0.25) is 0 Å². The number of amides is 4. The molecule has 1 heterocycles. The zero-order valence-electron chi connectivity index (χ0n) is 14.4. The van der Waals surface area contributed by atoms with E-state index in [0.29, 0.717) is 5.57 Å². The molecule has 5 nitrogen and oxygen atoms in total. The smallest absolute Gasteiger partial charge is 0.268 e. The van der Waals surface area contributed by atoms with Crippen molar-refractivity contribution in [3.63, 3.8) is 0 Å². The summed E-state index contributed by atoms with van der Waals surface area (Å²) in [6, 6.07) is -0.550. The first-order valence-corrected chi connectivity index (χ1v) is 8.41. The number of allylic oxidation sites excluding steroid dienone is 11. The Labute approximate surface area is 147 Å². The molecular weight excluding hydrogens is 316 g/mol. The van der Waals surface area contributed by atoms with Crippen molar-refractivity contribution in [3.8, 4) is 0 Å². The molecule has 0 N–H and O–H groups in total. The van der Waals surface area contributed by atoms with E-state index in [1.165, 1.54) is 0 Å². The molecule has 0 aromatic carbocycles. The van der Waals surface area contributed by atoms with Crippen molar-refractivity contribution < 1.29 is 14.4 Å². The van der Waals surface area contributed by atoms with E-state index < -0.39 is 17.8 Å². The standard InChI is InChI=1S/C20H20N2O3/c1-3-21-18(23)17(19(24)22(4-2)20(21)25)16-11-9-14-7-5-6-8-15(13-14)10-12-16/h5-12H,3-4,13H2,1-2H3/b11-9-,12-10-. The summed E-state index contributed by atoms with van der Waals surface area (Å²) < 4.78 is 0. The number of imide groups is 2. The van der Waals surface area contributed by atoms with Gasteiger partial charge in [-0.15, -0.1) is 0 Å². The number of urea groups is 1. The molecule has 25 heavy (non-hydrogen) atoms. The first-order valence-electron chi connectivity index (χ1n) is 8.41. The largest absolute Gasteiger partial charge is 0.333 e. The van der Waals surface area contributed by atoms with E-state index in [2.05, 4.69) is 0 Å². The lowest BCUT2D eigenvalue weighted by Gasteiger charge is -2.33. The van der Waals surface area contributed by atoms with E-state index in [1.807, 2.05) is 36.5 Å². The van der Waals surface area contributed by atoms with E-state index in [4.69, 9.17) is 0 Å². The van der Waals surface area contributed by atoms with Gasteiger partial charge in [0.1, 0.15) is 5.57 Å². The molecule has 0 radical (unpaired) electrons. The SMILES string of the molecule is CCN1C(=O)C(=C2/C=C\C3=CC=CC=C(/C=C\2)C3)C(=O)N(CC)C1=O. The Bertz CT molecular complexity index is 760. The molecule has 2 bridgehead atoms. The molecule has 1 fully saturated rings. The van der Waals surface area contributed by atoms with Gasteiger partial charge in [-0.2, -0.15) is 0 Å². The summed E-state index contributed by atoms with van der Waals surface area (Å²) in [5.41, 5.74) is 2.75. The van der Waals surface area contributed by atoms with E-state index in [-0.39, 0.29) is 18.7 Å². The van der Waals surface area contributed by atoms with Crippen LogP contribution in [0.3, 0.4) is 0 Å². The second kappa shape index (κ2) is 6.89. The van der Waals surface area contributed by atoms with Crippen LogP contribution in [0.25, 0.3) is 0 Å². The quantitative estimate of drug-likeness (QED) is 0.575. The number of likely N-dealkylation sites (N-methyl/N-ethyl adjacent to an activating group) is 2. The maximum Gasteiger partial charge on any atom is 0.333 e. The molecular formula is C20H20N2O3. The Morgan fingerprint density at radius 1 is 0.800 bits per heavy atom. The Hall–Kier alpha value is -2.95. The van der Waals surface area contributed by atoms with Gasteiger partial charge in [-0.1, -0.05) is 48.6 Å². The maximum atomic E-state index is 12.7. The summed E-state index contributed by atoms with van der Waals surface area (Å²) in [6.45, 7) is 3.90. The number of carbonyl (C=O) groups is 3. The molecule has 3 rings (SSSR count). The molecule has 128 valence electrons. The third-order valence-corrected chi connectivity index (χ3v) is 4.39. The minimum Gasteiger partial charge on any atom is -0.268 e. The molecule has 1 aliphatic heterocycles. The van der Waals surface area contributed by atoms with Crippen molar-refractivity contribution in [2.75, 3.05) is 13.1 Å². The van der Waals surface area contributed by atoms with Crippen LogP contribution in [0.4, 0.5) is 4.79 Å². The fraction of sp³-hybridized carbons (Fsp3) is 0.250. The zero-order chi connectivity index (χ0) is 18.0. The van der Waals surface area contributed by atoms with Crippen molar-refractivity contribution in [3.05, 3.63) is 70.9 Å². The Kier molecular flexibility index (Phi) is 4.65. The van der Waals surface area contributed by atoms with Gasteiger partial charge in [0.25, 0.3) is 11.8 Å². The number of nitrogens with zero attached hydrogens (tertiary/aromatic N) is 2. The highest BCUT2D eigenvalue weighted by atomic mass is 16.2. The lowest BCUT2D eigenvalue weighted by Crippen LogP contribution is -2.56. The second-order valence-electron chi connectivity index (χ2n) is 5.92. The Morgan fingerprint density at radius 3 is 1.72 bits per heavy atom. The molecule has 1 saturated heterocycles.